The summed E-state index contributed by atoms with van der Waals surface area (Å²) in [5.41, 5.74) is 0.620. The summed E-state index contributed by atoms with van der Waals surface area (Å²) in [5, 5.41) is 10.5. The monoisotopic (exact) mass is 270 g/mol. The van der Waals surface area contributed by atoms with Crippen molar-refractivity contribution in [2.75, 3.05) is 0 Å². The Morgan fingerprint density at radius 1 is 1.16 bits per heavy atom. The fraction of sp³-hybridized carbons (Fsp3) is 0.286. The Morgan fingerprint density at radius 2 is 1.84 bits per heavy atom. The molecule has 2 rings (SSSR count). The van der Waals surface area contributed by atoms with Gasteiger partial charge in [-0.2, -0.15) is 0 Å². The number of rotatable bonds is 2. The van der Waals surface area contributed by atoms with Crippen LogP contribution in [-0.2, 0) is 0 Å². The van der Waals surface area contributed by atoms with Gasteiger partial charge < -0.3 is 9.84 Å². The Morgan fingerprint density at radius 3 is 2.42 bits per heavy atom. The zero-order chi connectivity index (χ0) is 14.2. The molecule has 0 saturated carbocycles. The van der Waals surface area contributed by atoms with Crippen molar-refractivity contribution in [3.63, 3.8) is 0 Å². The van der Waals surface area contributed by atoms with Gasteiger partial charge in [0, 0.05) is 5.39 Å². The standard InChI is InChI=1S/C14H13F3O2/c1-8(2)11-7-10(18)6-9-4-3-5-12(13(9)11)19-14(15,16)17/h3-8,18H,1-2H3. The maximum absolute atomic E-state index is 12.4. The SMILES string of the molecule is CC(C)c1cc(O)cc2cccc(OC(F)(F)F)c12. The highest BCUT2D eigenvalue weighted by atomic mass is 19.4. The number of hydrogen-bond acceptors (Lipinski definition) is 2. The summed E-state index contributed by atoms with van der Waals surface area (Å²) in [6.45, 7) is 3.69. The minimum absolute atomic E-state index is 0.0281. The van der Waals surface area contributed by atoms with Gasteiger partial charge in [-0.05, 0) is 35.1 Å². The van der Waals surface area contributed by atoms with Crippen molar-refractivity contribution in [1.82, 2.24) is 0 Å². The van der Waals surface area contributed by atoms with Crippen LogP contribution < -0.4 is 4.74 Å². The van der Waals surface area contributed by atoms with Crippen LogP contribution in [0.4, 0.5) is 13.2 Å². The predicted molar refractivity (Wildman–Crippen MR) is 66.4 cm³/mol. The van der Waals surface area contributed by atoms with Crippen molar-refractivity contribution in [3.05, 3.63) is 35.9 Å². The molecule has 0 unspecified atom stereocenters. The molecule has 0 aliphatic heterocycles. The molecule has 19 heavy (non-hydrogen) atoms. The molecule has 2 nitrogen and oxygen atoms in total. The molecule has 0 bridgehead atoms. The van der Waals surface area contributed by atoms with E-state index in [0.29, 0.717) is 16.3 Å². The maximum Gasteiger partial charge on any atom is 0.573 e. The first-order valence-corrected chi connectivity index (χ1v) is 5.79. The number of hydrogen-bond donors (Lipinski definition) is 1. The lowest BCUT2D eigenvalue weighted by molar-refractivity contribution is -0.274. The molecule has 0 spiro atoms. The third kappa shape index (κ3) is 2.92. The summed E-state index contributed by atoms with van der Waals surface area (Å²) in [5.74, 6) is -0.248. The summed E-state index contributed by atoms with van der Waals surface area (Å²) in [4.78, 5) is 0. The second-order valence-corrected chi connectivity index (χ2v) is 4.59. The first kappa shape index (κ1) is 13.5. The Balaban J connectivity index is 2.72. The summed E-state index contributed by atoms with van der Waals surface area (Å²) in [7, 11) is 0. The number of phenols is 1. The van der Waals surface area contributed by atoms with Gasteiger partial charge >= 0.3 is 6.36 Å². The topological polar surface area (TPSA) is 29.5 Å². The van der Waals surface area contributed by atoms with Crippen LogP contribution in [0.5, 0.6) is 11.5 Å². The Hall–Kier alpha value is -1.91. The summed E-state index contributed by atoms with van der Waals surface area (Å²) in [6.07, 6.45) is -4.74. The van der Waals surface area contributed by atoms with E-state index in [2.05, 4.69) is 4.74 Å². The molecule has 0 heterocycles. The minimum atomic E-state index is -4.74. The van der Waals surface area contributed by atoms with E-state index in [1.54, 1.807) is 6.07 Å². The molecule has 0 atom stereocenters. The molecule has 2 aromatic rings. The van der Waals surface area contributed by atoms with E-state index < -0.39 is 6.36 Å². The minimum Gasteiger partial charge on any atom is -0.508 e. The van der Waals surface area contributed by atoms with Crippen molar-refractivity contribution in [2.45, 2.75) is 26.1 Å². The van der Waals surface area contributed by atoms with Crippen LogP contribution in [0.1, 0.15) is 25.3 Å². The number of aromatic hydroxyl groups is 1. The summed E-state index contributed by atoms with van der Waals surface area (Å²) in [6, 6.07) is 7.27. The molecular formula is C14H13F3O2. The van der Waals surface area contributed by atoms with E-state index in [0.717, 1.165) is 0 Å². The van der Waals surface area contributed by atoms with Crippen LogP contribution >= 0.6 is 0 Å². The molecular weight excluding hydrogens is 257 g/mol. The molecule has 0 radical (unpaired) electrons. The van der Waals surface area contributed by atoms with Gasteiger partial charge in [0.25, 0.3) is 0 Å². The van der Waals surface area contributed by atoms with Gasteiger partial charge in [-0.15, -0.1) is 13.2 Å². The highest BCUT2D eigenvalue weighted by Crippen LogP contribution is 2.37. The van der Waals surface area contributed by atoms with Gasteiger partial charge in [-0.3, -0.25) is 0 Å². The zero-order valence-corrected chi connectivity index (χ0v) is 10.5. The normalized spacial score (nSPS) is 12.1. The van der Waals surface area contributed by atoms with Gasteiger partial charge in [0.2, 0.25) is 0 Å². The molecule has 0 aromatic heterocycles. The highest BCUT2D eigenvalue weighted by Gasteiger charge is 2.32. The Kier molecular flexibility index (Phi) is 3.30. The molecule has 1 N–H and O–H groups in total. The molecule has 5 heteroatoms. The molecule has 102 valence electrons. The molecule has 0 saturated heterocycles. The van der Waals surface area contributed by atoms with Crippen molar-refractivity contribution >= 4 is 10.8 Å². The van der Waals surface area contributed by atoms with E-state index in [4.69, 9.17) is 0 Å². The Labute approximate surface area is 108 Å². The Bertz CT molecular complexity index is 603. The second kappa shape index (κ2) is 4.64. The summed E-state index contributed by atoms with van der Waals surface area (Å²) >= 11 is 0. The van der Waals surface area contributed by atoms with Gasteiger partial charge in [0.15, 0.2) is 0 Å². The van der Waals surface area contributed by atoms with Crippen molar-refractivity contribution in [2.24, 2.45) is 0 Å². The average molecular weight is 270 g/mol. The third-order valence-corrected chi connectivity index (χ3v) is 2.80. The van der Waals surface area contributed by atoms with Crippen LogP contribution in [0.15, 0.2) is 30.3 Å². The lowest BCUT2D eigenvalue weighted by atomic mass is 9.95. The van der Waals surface area contributed by atoms with Crippen LogP contribution in [0.3, 0.4) is 0 Å². The molecule has 0 amide bonds. The van der Waals surface area contributed by atoms with E-state index in [1.807, 2.05) is 13.8 Å². The van der Waals surface area contributed by atoms with Gasteiger partial charge in [-0.1, -0.05) is 26.0 Å². The lowest BCUT2D eigenvalue weighted by Gasteiger charge is -2.16. The second-order valence-electron chi connectivity index (χ2n) is 4.59. The smallest absolute Gasteiger partial charge is 0.508 e. The fourth-order valence-corrected chi connectivity index (χ4v) is 2.07. The average Bonchev–Trinajstić information content (AvgIpc) is 2.25. The van der Waals surface area contributed by atoms with Crippen LogP contribution in [-0.4, -0.2) is 11.5 Å². The van der Waals surface area contributed by atoms with E-state index in [9.17, 15) is 18.3 Å². The zero-order valence-electron chi connectivity index (χ0n) is 10.5. The van der Waals surface area contributed by atoms with Crippen molar-refractivity contribution < 1.29 is 23.0 Å². The molecule has 0 aliphatic rings. The van der Waals surface area contributed by atoms with Gasteiger partial charge in [0.05, 0.1) is 0 Å². The number of phenolic OH excluding ortho intramolecular Hbond substituents is 1. The fourth-order valence-electron chi connectivity index (χ4n) is 2.07. The number of halogens is 3. The quantitative estimate of drug-likeness (QED) is 0.866. The third-order valence-electron chi connectivity index (χ3n) is 2.80. The molecule has 2 aromatic carbocycles. The van der Waals surface area contributed by atoms with E-state index in [-0.39, 0.29) is 17.4 Å². The molecule has 0 fully saturated rings. The highest BCUT2D eigenvalue weighted by molar-refractivity contribution is 5.93. The first-order chi connectivity index (χ1) is 8.78. The number of fused-ring (bicyclic) bond motifs is 1. The largest absolute Gasteiger partial charge is 0.573 e. The van der Waals surface area contributed by atoms with Gasteiger partial charge in [-0.25, -0.2) is 0 Å². The van der Waals surface area contributed by atoms with Crippen molar-refractivity contribution in [1.29, 1.82) is 0 Å². The van der Waals surface area contributed by atoms with Crippen LogP contribution in [0.2, 0.25) is 0 Å². The van der Waals surface area contributed by atoms with E-state index in [1.165, 1.54) is 24.3 Å². The first-order valence-electron chi connectivity index (χ1n) is 5.79. The number of ether oxygens (including phenoxy) is 1. The van der Waals surface area contributed by atoms with Crippen LogP contribution in [0.25, 0.3) is 10.8 Å². The van der Waals surface area contributed by atoms with Gasteiger partial charge in [0.1, 0.15) is 11.5 Å². The molecule has 0 aliphatic carbocycles. The van der Waals surface area contributed by atoms with E-state index >= 15 is 0 Å². The number of alkyl halides is 3. The van der Waals surface area contributed by atoms with Crippen LogP contribution in [0, 0.1) is 0 Å². The lowest BCUT2D eigenvalue weighted by Crippen LogP contribution is -2.17. The number of benzene rings is 2. The van der Waals surface area contributed by atoms with Crippen molar-refractivity contribution in [3.8, 4) is 11.5 Å². The summed E-state index contributed by atoms with van der Waals surface area (Å²) < 4.78 is 41.3. The maximum atomic E-state index is 12.4. The predicted octanol–water partition coefficient (Wildman–Crippen LogP) is 4.57.